The number of ether oxygens (including phenoxy) is 1. The van der Waals surface area contributed by atoms with Gasteiger partial charge < -0.3 is 15.0 Å². The van der Waals surface area contributed by atoms with E-state index in [0.717, 1.165) is 34.5 Å². The monoisotopic (exact) mass is 488 g/mol. The first-order valence-electron chi connectivity index (χ1n) is 11.7. The molecule has 35 heavy (non-hydrogen) atoms. The molecule has 0 spiro atoms. The van der Waals surface area contributed by atoms with Crippen LogP contribution in [-0.2, 0) is 7.05 Å². The lowest BCUT2D eigenvalue weighted by molar-refractivity contribution is 0.0938. The van der Waals surface area contributed by atoms with Gasteiger partial charge in [0, 0.05) is 35.8 Å². The number of amides is 1. The average Bonchev–Trinajstić information content (AvgIpc) is 3.51. The van der Waals surface area contributed by atoms with Crippen LogP contribution in [0.1, 0.15) is 34.5 Å². The normalized spacial score (nSPS) is 12.1. The highest BCUT2D eigenvalue weighted by Crippen LogP contribution is 2.32. The van der Waals surface area contributed by atoms with Gasteiger partial charge in [0.15, 0.2) is 0 Å². The van der Waals surface area contributed by atoms with E-state index in [4.69, 9.17) is 4.74 Å². The summed E-state index contributed by atoms with van der Waals surface area (Å²) >= 11 is 1.70. The Kier molecular flexibility index (Phi) is 7.68. The van der Waals surface area contributed by atoms with E-state index in [-0.39, 0.29) is 11.9 Å². The first-order valence-corrected chi connectivity index (χ1v) is 12.6. The van der Waals surface area contributed by atoms with E-state index in [0.29, 0.717) is 17.9 Å². The lowest BCUT2D eigenvalue weighted by atomic mass is 9.98. The number of carbonyl (C=O) groups is 1. The molecular weight excluding hydrogens is 456 g/mol. The van der Waals surface area contributed by atoms with E-state index < -0.39 is 0 Å². The third kappa shape index (κ3) is 5.99. The predicted octanol–water partition coefficient (Wildman–Crippen LogP) is 5.56. The number of rotatable bonds is 9. The van der Waals surface area contributed by atoms with Gasteiger partial charge in [0.05, 0.1) is 11.7 Å². The van der Waals surface area contributed by atoms with Crippen molar-refractivity contribution in [2.75, 3.05) is 27.2 Å². The van der Waals surface area contributed by atoms with E-state index in [2.05, 4.69) is 51.0 Å². The fourth-order valence-electron chi connectivity index (χ4n) is 3.93. The number of hydrogen-bond donors (Lipinski definition) is 1. The van der Waals surface area contributed by atoms with Gasteiger partial charge in [-0.2, -0.15) is 5.10 Å². The Labute approximate surface area is 211 Å². The van der Waals surface area contributed by atoms with Gasteiger partial charge in [-0.3, -0.25) is 9.48 Å². The summed E-state index contributed by atoms with van der Waals surface area (Å²) in [6.07, 6.45) is 1.80. The van der Waals surface area contributed by atoms with Crippen LogP contribution in [0, 0.1) is 6.92 Å². The van der Waals surface area contributed by atoms with Crippen LogP contribution < -0.4 is 10.1 Å². The van der Waals surface area contributed by atoms with E-state index in [1.54, 1.807) is 17.5 Å². The third-order valence-electron chi connectivity index (χ3n) is 5.99. The topological polar surface area (TPSA) is 59.4 Å². The fourth-order valence-corrected chi connectivity index (χ4v) is 4.65. The van der Waals surface area contributed by atoms with Crippen LogP contribution in [-0.4, -0.2) is 47.8 Å². The maximum absolute atomic E-state index is 13.3. The van der Waals surface area contributed by atoms with Crippen molar-refractivity contribution in [2.45, 2.75) is 19.9 Å². The van der Waals surface area contributed by atoms with Crippen molar-refractivity contribution >= 4 is 17.2 Å². The molecule has 2 aromatic carbocycles. The van der Waals surface area contributed by atoms with Gasteiger partial charge in [0.1, 0.15) is 12.4 Å². The minimum Gasteiger partial charge on any atom is -0.492 e. The second-order valence-electron chi connectivity index (χ2n) is 8.98. The standard InChI is InChI=1S/C28H32N4O2S/c1-19-8-9-24(34-13-12-31(3)4)18-25(19)28(33)30-20(2)21-15-22(26-10-11-29-32(26)5)17-23(16-21)27-7-6-14-35-27/h6-11,14-18,20H,12-13H2,1-5H3,(H,30,33)/t20-/m1/s1. The molecule has 1 amide bonds. The van der Waals surface area contributed by atoms with Crippen molar-refractivity contribution in [1.82, 2.24) is 20.0 Å². The molecule has 2 heterocycles. The Balaban J connectivity index is 1.59. The first-order chi connectivity index (χ1) is 16.8. The fraction of sp³-hybridized carbons (Fsp3) is 0.286. The third-order valence-corrected chi connectivity index (χ3v) is 6.91. The molecule has 0 radical (unpaired) electrons. The second kappa shape index (κ2) is 10.9. The first kappa shape index (κ1) is 24.7. The number of aromatic nitrogens is 2. The van der Waals surface area contributed by atoms with Gasteiger partial charge in [0.2, 0.25) is 0 Å². The minimum atomic E-state index is -0.188. The number of benzene rings is 2. The maximum atomic E-state index is 13.3. The van der Waals surface area contributed by atoms with Gasteiger partial charge in [-0.15, -0.1) is 11.3 Å². The Morgan fingerprint density at radius 2 is 1.94 bits per heavy atom. The molecule has 0 bridgehead atoms. The number of nitrogens with one attached hydrogen (secondary N) is 1. The number of nitrogens with zero attached hydrogens (tertiary/aromatic N) is 3. The zero-order valence-corrected chi connectivity index (χ0v) is 21.7. The molecule has 2 aromatic heterocycles. The minimum absolute atomic E-state index is 0.114. The van der Waals surface area contributed by atoms with Gasteiger partial charge in [-0.1, -0.05) is 12.1 Å². The lowest BCUT2D eigenvalue weighted by Crippen LogP contribution is -2.27. The molecule has 0 fully saturated rings. The van der Waals surface area contributed by atoms with E-state index in [9.17, 15) is 4.79 Å². The van der Waals surface area contributed by atoms with Crippen LogP contribution >= 0.6 is 11.3 Å². The summed E-state index contributed by atoms with van der Waals surface area (Å²) < 4.78 is 7.72. The van der Waals surface area contributed by atoms with Crippen molar-refractivity contribution in [1.29, 1.82) is 0 Å². The van der Waals surface area contributed by atoms with Crippen molar-refractivity contribution in [3.8, 4) is 27.4 Å². The van der Waals surface area contributed by atoms with Crippen molar-refractivity contribution < 1.29 is 9.53 Å². The zero-order chi connectivity index (χ0) is 24.9. The molecule has 0 unspecified atom stereocenters. The largest absolute Gasteiger partial charge is 0.492 e. The van der Waals surface area contributed by atoms with E-state index in [1.165, 1.54) is 4.88 Å². The van der Waals surface area contributed by atoms with Crippen LogP contribution in [0.25, 0.3) is 21.7 Å². The molecule has 6 nitrogen and oxygen atoms in total. The molecular formula is C28H32N4O2S. The second-order valence-corrected chi connectivity index (χ2v) is 9.93. The van der Waals surface area contributed by atoms with Crippen LogP contribution in [0.4, 0.5) is 0 Å². The van der Waals surface area contributed by atoms with Gasteiger partial charge in [0.25, 0.3) is 5.91 Å². The molecule has 7 heteroatoms. The lowest BCUT2D eigenvalue weighted by Gasteiger charge is -2.18. The molecule has 182 valence electrons. The molecule has 0 aliphatic carbocycles. The highest BCUT2D eigenvalue weighted by Gasteiger charge is 2.17. The Hall–Kier alpha value is -3.42. The molecule has 1 atom stereocenters. The summed E-state index contributed by atoms with van der Waals surface area (Å²) in [5.74, 6) is 0.588. The van der Waals surface area contributed by atoms with Crippen molar-refractivity contribution in [3.63, 3.8) is 0 Å². The Morgan fingerprint density at radius 3 is 2.63 bits per heavy atom. The van der Waals surface area contributed by atoms with Gasteiger partial charge in [-0.25, -0.2) is 0 Å². The highest BCUT2D eigenvalue weighted by atomic mass is 32.1. The Bertz CT molecular complexity index is 1290. The van der Waals surface area contributed by atoms with Crippen LogP contribution in [0.5, 0.6) is 5.75 Å². The van der Waals surface area contributed by atoms with Crippen LogP contribution in [0.15, 0.2) is 66.2 Å². The number of likely N-dealkylation sites (N-methyl/N-ethyl adjacent to an activating group) is 1. The molecule has 0 aliphatic rings. The number of carbonyl (C=O) groups excluding carboxylic acids is 1. The van der Waals surface area contributed by atoms with E-state index >= 15 is 0 Å². The number of hydrogen-bond acceptors (Lipinski definition) is 5. The highest BCUT2D eigenvalue weighted by molar-refractivity contribution is 7.13. The van der Waals surface area contributed by atoms with Crippen molar-refractivity contribution in [2.24, 2.45) is 7.05 Å². The smallest absolute Gasteiger partial charge is 0.252 e. The number of thiophene rings is 1. The van der Waals surface area contributed by atoms with Crippen molar-refractivity contribution in [3.05, 3.63) is 82.9 Å². The molecule has 0 aliphatic heterocycles. The summed E-state index contributed by atoms with van der Waals surface area (Å²) in [5, 5.41) is 9.60. The van der Waals surface area contributed by atoms with Gasteiger partial charge >= 0.3 is 0 Å². The summed E-state index contributed by atoms with van der Waals surface area (Å²) in [6.45, 7) is 5.35. The van der Waals surface area contributed by atoms with Crippen LogP contribution in [0.3, 0.4) is 0 Å². The molecule has 4 aromatic rings. The summed E-state index contributed by atoms with van der Waals surface area (Å²) in [6, 6.07) is 18.1. The predicted molar refractivity (Wildman–Crippen MR) is 143 cm³/mol. The summed E-state index contributed by atoms with van der Waals surface area (Å²) in [7, 11) is 5.95. The van der Waals surface area contributed by atoms with E-state index in [1.807, 2.05) is 63.9 Å². The SMILES string of the molecule is Cc1ccc(OCCN(C)C)cc1C(=O)N[C@H](C)c1cc(-c2cccs2)cc(-c2ccnn2C)c1. The summed E-state index contributed by atoms with van der Waals surface area (Å²) in [5.41, 5.74) is 5.80. The van der Waals surface area contributed by atoms with Crippen LogP contribution in [0.2, 0.25) is 0 Å². The molecule has 1 N–H and O–H groups in total. The van der Waals surface area contributed by atoms with Gasteiger partial charge in [-0.05, 0) is 92.5 Å². The quantitative estimate of drug-likeness (QED) is 0.335. The molecule has 4 rings (SSSR count). The number of aryl methyl sites for hydroxylation is 2. The zero-order valence-electron chi connectivity index (χ0n) is 20.9. The summed E-state index contributed by atoms with van der Waals surface area (Å²) in [4.78, 5) is 16.5. The molecule has 0 saturated carbocycles. The maximum Gasteiger partial charge on any atom is 0.252 e. The average molecular weight is 489 g/mol. The Morgan fingerprint density at radius 1 is 1.14 bits per heavy atom. The molecule has 0 saturated heterocycles.